The van der Waals surface area contributed by atoms with Gasteiger partial charge in [0.2, 0.25) is 11.7 Å². The monoisotopic (exact) mass is 477 g/mol. The lowest BCUT2D eigenvalue weighted by atomic mass is 10.2. The van der Waals surface area contributed by atoms with Crippen LogP contribution in [0.2, 0.25) is 5.02 Å². The molecule has 0 bridgehead atoms. The number of nitrogens with one attached hydrogen (secondary N) is 1. The van der Waals surface area contributed by atoms with E-state index in [0.29, 0.717) is 43.1 Å². The molecular formula is C23H16ClN5O3S. The number of amides is 1. The van der Waals surface area contributed by atoms with E-state index in [9.17, 15) is 9.59 Å². The number of rotatable bonds is 5. The van der Waals surface area contributed by atoms with E-state index in [1.54, 1.807) is 24.3 Å². The van der Waals surface area contributed by atoms with Gasteiger partial charge in [0.25, 0.3) is 11.4 Å². The fraction of sp³-hybridized carbons (Fsp3) is 0.0870. The lowest BCUT2D eigenvalue weighted by Gasteiger charge is -2.07. The second-order valence-corrected chi connectivity index (χ2v) is 8.69. The highest BCUT2D eigenvalue weighted by Crippen LogP contribution is 2.35. The molecule has 0 saturated heterocycles. The average Bonchev–Trinajstić information content (AvgIpc) is 3.43. The predicted molar refractivity (Wildman–Crippen MR) is 127 cm³/mol. The van der Waals surface area contributed by atoms with Gasteiger partial charge in [-0.1, -0.05) is 47.1 Å². The van der Waals surface area contributed by atoms with Crippen LogP contribution in [-0.4, -0.2) is 25.6 Å². The Morgan fingerprint density at radius 1 is 1.15 bits per heavy atom. The van der Waals surface area contributed by atoms with Crippen LogP contribution in [0.1, 0.15) is 5.56 Å². The molecule has 2 aromatic carbocycles. The maximum atomic E-state index is 13.1. The van der Waals surface area contributed by atoms with Crippen molar-refractivity contribution < 1.29 is 9.32 Å². The summed E-state index contributed by atoms with van der Waals surface area (Å²) < 4.78 is 6.74. The minimum Gasteiger partial charge on any atom is -0.333 e. The second-order valence-electron chi connectivity index (χ2n) is 7.26. The Balaban J connectivity index is 1.44. The molecule has 5 rings (SSSR count). The third kappa shape index (κ3) is 4.15. The first-order valence-electron chi connectivity index (χ1n) is 9.93. The van der Waals surface area contributed by atoms with E-state index >= 15 is 0 Å². The number of nitrogens with zero attached hydrogens (tertiary/aromatic N) is 4. The summed E-state index contributed by atoms with van der Waals surface area (Å²) in [5, 5.41) is 7.79. The van der Waals surface area contributed by atoms with E-state index in [0.717, 1.165) is 5.56 Å². The van der Waals surface area contributed by atoms with Crippen LogP contribution in [0, 0.1) is 6.92 Å². The van der Waals surface area contributed by atoms with Crippen LogP contribution in [0.4, 0.5) is 5.69 Å². The summed E-state index contributed by atoms with van der Waals surface area (Å²) in [6.07, 6.45) is 1.37. The van der Waals surface area contributed by atoms with Gasteiger partial charge in [-0.15, -0.1) is 11.3 Å². The van der Waals surface area contributed by atoms with Gasteiger partial charge in [-0.3, -0.25) is 14.2 Å². The molecule has 1 amide bonds. The Kier molecular flexibility index (Phi) is 5.49. The number of aromatic nitrogens is 4. The number of anilines is 1. The quantitative estimate of drug-likeness (QED) is 0.391. The molecule has 0 unspecified atom stereocenters. The second kappa shape index (κ2) is 8.61. The molecule has 0 spiro atoms. The van der Waals surface area contributed by atoms with E-state index in [1.807, 2.05) is 37.3 Å². The van der Waals surface area contributed by atoms with Gasteiger partial charge in [-0.05, 0) is 36.8 Å². The lowest BCUT2D eigenvalue weighted by molar-refractivity contribution is -0.116. The average molecular weight is 478 g/mol. The molecule has 3 aromatic heterocycles. The standard InChI is InChI=1S/C23H16ClN5O3S/c1-13-18-22(33-19(13)21-27-20(28-32-21)14-5-3-2-4-6-14)25-12-29(23(18)31)11-17(30)26-16-9-7-15(24)8-10-16/h2-10,12H,11H2,1H3,(H,26,30). The van der Waals surface area contributed by atoms with Crippen LogP contribution in [-0.2, 0) is 11.3 Å². The van der Waals surface area contributed by atoms with Gasteiger partial charge in [-0.2, -0.15) is 4.98 Å². The molecule has 164 valence electrons. The molecule has 0 aliphatic carbocycles. The van der Waals surface area contributed by atoms with Gasteiger partial charge in [0.15, 0.2) is 0 Å². The van der Waals surface area contributed by atoms with Crippen molar-refractivity contribution in [3.63, 3.8) is 0 Å². The fourth-order valence-electron chi connectivity index (χ4n) is 3.38. The van der Waals surface area contributed by atoms with Gasteiger partial charge >= 0.3 is 0 Å². The Morgan fingerprint density at radius 3 is 2.67 bits per heavy atom. The summed E-state index contributed by atoms with van der Waals surface area (Å²) in [7, 11) is 0. The van der Waals surface area contributed by atoms with Crippen LogP contribution in [0.15, 0.2) is 70.2 Å². The molecule has 0 radical (unpaired) electrons. The number of carbonyl (C=O) groups is 1. The SMILES string of the molecule is Cc1c(-c2nc(-c3ccccc3)no2)sc2ncn(CC(=O)Nc3ccc(Cl)cc3)c(=O)c12. The van der Waals surface area contributed by atoms with E-state index in [2.05, 4.69) is 20.4 Å². The zero-order valence-electron chi connectivity index (χ0n) is 17.3. The number of benzene rings is 2. The van der Waals surface area contributed by atoms with E-state index < -0.39 is 0 Å². The summed E-state index contributed by atoms with van der Waals surface area (Å²) in [5.41, 5.74) is 1.79. The number of hydrogen-bond acceptors (Lipinski definition) is 7. The molecule has 1 N–H and O–H groups in total. The maximum absolute atomic E-state index is 13.1. The van der Waals surface area contributed by atoms with Crippen LogP contribution in [0.3, 0.4) is 0 Å². The van der Waals surface area contributed by atoms with Crippen molar-refractivity contribution >= 4 is 44.7 Å². The molecule has 0 aliphatic rings. The van der Waals surface area contributed by atoms with Crippen molar-refractivity contribution in [3.8, 4) is 22.2 Å². The Labute approximate surface area is 196 Å². The summed E-state index contributed by atoms with van der Waals surface area (Å²) >= 11 is 7.16. The number of halogens is 1. The molecular weight excluding hydrogens is 462 g/mol. The summed E-state index contributed by atoms with van der Waals surface area (Å²) in [6.45, 7) is 1.63. The number of fused-ring (bicyclic) bond motifs is 1. The van der Waals surface area contributed by atoms with Gasteiger partial charge in [0, 0.05) is 16.3 Å². The number of hydrogen-bond donors (Lipinski definition) is 1. The van der Waals surface area contributed by atoms with Gasteiger partial charge in [-0.25, -0.2) is 4.98 Å². The van der Waals surface area contributed by atoms with Crippen LogP contribution < -0.4 is 10.9 Å². The minimum absolute atomic E-state index is 0.173. The molecule has 5 aromatic rings. The molecule has 3 heterocycles. The number of thiophene rings is 1. The minimum atomic E-state index is -0.349. The topological polar surface area (TPSA) is 103 Å². The predicted octanol–water partition coefficient (Wildman–Crippen LogP) is 4.78. The van der Waals surface area contributed by atoms with E-state index in [-0.39, 0.29) is 18.0 Å². The highest BCUT2D eigenvalue weighted by Gasteiger charge is 2.21. The highest BCUT2D eigenvalue weighted by molar-refractivity contribution is 7.22. The van der Waals surface area contributed by atoms with E-state index in [4.69, 9.17) is 16.1 Å². The Morgan fingerprint density at radius 2 is 1.91 bits per heavy atom. The van der Waals surface area contributed by atoms with Gasteiger partial charge in [0.1, 0.15) is 11.4 Å². The van der Waals surface area contributed by atoms with E-state index in [1.165, 1.54) is 22.2 Å². The highest BCUT2D eigenvalue weighted by atomic mass is 35.5. The van der Waals surface area contributed by atoms with Crippen molar-refractivity contribution in [1.29, 1.82) is 0 Å². The smallest absolute Gasteiger partial charge is 0.268 e. The third-order valence-corrected chi connectivity index (χ3v) is 6.45. The molecule has 0 fully saturated rings. The zero-order valence-corrected chi connectivity index (χ0v) is 18.9. The first kappa shape index (κ1) is 21.0. The van der Waals surface area contributed by atoms with Crippen molar-refractivity contribution in [3.05, 3.63) is 81.9 Å². The molecule has 10 heteroatoms. The van der Waals surface area contributed by atoms with Crippen molar-refractivity contribution in [2.45, 2.75) is 13.5 Å². The van der Waals surface area contributed by atoms with Crippen LogP contribution in [0.5, 0.6) is 0 Å². The third-order valence-electron chi connectivity index (χ3n) is 5.01. The first-order chi connectivity index (χ1) is 16.0. The molecule has 0 saturated carbocycles. The van der Waals surface area contributed by atoms with Gasteiger partial charge in [0.05, 0.1) is 16.6 Å². The molecule has 0 atom stereocenters. The molecule has 33 heavy (non-hydrogen) atoms. The maximum Gasteiger partial charge on any atom is 0.268 e. The zero-order chi connectivity index (χ0) is 22.9. The van der Waals surface area contributed by atoms with Crippen molar-refractivity contribution in [2.75, 3.05) is 5.32 Å². The lowest BCUT2D eigenvalue weighted by Crippen LogP contribution is -2.27. The van der Waals surface area contributed by atoms with Crippen LogP contribution in [0.25, 0.3) is 32.4 Å². The first-order valence-corrected chi connectivity index (χ1v) is 11.1. The normalized spacial score (nSPS) is 11.1. The fourth-order valence-corrected chi connectivity index (χ4v) is 4.57. The molecule has 0 aliphatic heterocycles. The number of aryl methyl sites for hydroxylation is 1. The Hall–Kier alpha value is -3.82. The van der Waals surface area contributed by atoms with Crippen molar-refractivity contribution in [2.24, 2.45) is 0 Å². The molecule has 8 nitrogen and oxygen atoms in total. The van der Waals surface area contributed by atoms with Crippen molar-refractivity contribution in [1.82, 2.24) is 19.7 Å². The van der Waals surface area contributed by atoms with Gasteiger partial charge < -0.3 is 9.84 Å². The largest absolute Gasteiger partial charge is 0.333 e. The Bertz CT molecular complexity index is 1520. The summed E-state index contributed by atoms with van der Waals surface area (Å²) in [6, 6.07) is 16.2. The summed E-state index contributed by atoms with van der Waals surface area (Å²) in [5.74, 6) is 0.436. The van der Waals surface area contributed by atoms with Crippen LogP contribution >= 0.6 is 22.9 Å². The number of carbonyl (C=O) groups excluding carboxylic acids is 1. The summed E-state index contributed by atoms with van der Waals surface area (Å²) in [4.78, 5) is 35.6.